The summed E-state index contributed by atoms with van der Waals surface area (Å²) in [5.74, 6) is 0.271. The van der Waals surface area contributed by atoms with Crippen molar-refractivity contribution in [1.29, 1.82) is 0 Å². The predicted molar refractivity (Wildman–Crippen MR) is 112 cm³/mol. The Morgan fingerprint density at radius 1 is 1.16 bits per heavy atom. The van der Waals surface area contributed by atoms with E-state index >= 15 is 0 Å². The van der Waals surface area contributed by atoms with Gasteiger partial charge in [0.25, 0.3) is 5.91 Å². The number of fused-ring (bicyclic) bond motifs is 1. The Hall–Kier alpha value is -3.01. The summed E-state index contributed by atoms with van der Waals surface area (Å²) in [6.45, 7) is 2.88. The molecule has 170 valence electrons. The number of anilines is 2. The molecule has 11 heteroatoms. The van der Waals surface area contributed by atoms with Crippen molar-refractivity contribution in [2.45, 2.75) is 19.2 Å². The summed E-state index contributed by atoms with van der Waals surface area (Å²) >= 11 is 6.04. The van der Waals surface area contributed by atoms with Crippen LogP contribution in [-0.4, -0.2) is 60.5 Å². The van der Waals surface area contributed by atoms with Gasteiger partial charge in [0.1, 0.15) is 11.6 Å². The summed E-state index contributed by atoms with van der Waals surface area (Å²) in [6, 6.07) is 7.88. The van der Waals surface area contributed by atoms with Crippen LogP contribution in [-0.2, 0) is 15.8 Å². The molecule has 2 aliphatic heterocycles. The number of para-hydroxylation sites is 2. The molecule has 4 rings (SSSR count). The van der Waals surface area contributed by atoms with Crippen LogP contribution in [0.1, 0.15) is 12.5 Å². The fourth-order valence-corrected chi connectivity index (χ4v) is 4.11. The Morgan fingerprint density at radius 2 is 1.84 bits per heavy atom. The van der Waals surface area contributed by atoms with Gasteiger partial charge in [0.15, 0.2) is 6.10 Å². The van der Waals surface area contributed by atoms with E-state index < -0.39 is 17.8 Å². The normalized spacial score (nSPS) is 18.8. The lowest BCUT2D eigenvalue weighted by Gasteiger charge is -2.39. The Labute approximate surface area is 187 Å². The number of aromatic nitrogens is 1. The molecule has 3 heterocycles. The van der Waals surface area contributed by atoms with E-state index in [1.54, 1.807) is 34.1 Å². The van der Waals surface area contributed by atoms with Gasteiger partial charge >= 0.3 is 6.18 Å². The monoisotopic (exact) mass is 468 g/mol. The van der Waals surface area contributed by atoms with Crippen LogP contribution in [0.15, 0.2) is 36.5 Å². The molecule has 0 spiro atoms. The van der Waals surface area contributed by atoms with Gasteiger partial charge in [0.05, 0.1) is 22.8 Å². The molecule has 0 bridgehead atoms. The smallest absolute Gasteiger partial charge is 0.417 e. The zero-order chi connectivity index (χ0) is 23.0. The Morgan fingerprint density at radius 3 is 2.47 bits per heavy atom. The molecule has 2 aromatic rings. The van der Waals surface area contributed by atoms with Crippen LogP contribution in [0.5, 0.6) is 5.75 Å². The maximum Gasteiger partial charge on any atom is 0.417 e. The van der Waals surface area contributed by atoms with Gasteiger partial charge in [-0.05, 0) is 18.2 Å². The maximum absolute atomic E-state index is 13.1. The lowest BCUT2D eigenvalue weighted by molar-refractivity contribution is -0.139. The Bertz CT molecular complexity index is 1040. The van der Waals surface area contributed by atoms with Crippen LogP contribution in [0.3, 0.4) is 0 Å². The Kier molecular flexibility index (Phi) is 5.89. The molecule has 1 aromatic carbocycles. The highest BCUT2D eigenvalue weighted by molar-refractivity contribution is 6.33. The molecular formula is C21H20ClF3N4O3. The number of alkyl halides is 3. The summed E-state index contributed by atoms with van der Waals surface area (Å²) < 4.78 is 44.4. The lowest BCUT2D eigenvalue weighted by atomic mass is 10.1. The first-order valence-electron chi connectivity index (χ1n) is 9.95. The van der Waals surface area contributed by atoms with E-state index in [0.29, 0.717) is 37.6 Å². The van der Waals surface area contributed by atoms with Crippen LogP contribution < -0.4 is 14.5 Å². The molecule has 0 N–H and O–H groups in total. The van der Waals surface area contributed by atoms with Gasteiger partial charge in [-0.1, -0.05) is 23.7 Å². The summed E-state index contributed by atoms with van der Waals surface area (Å²) in [5.41, 5.74) is -0.290. The SMILES string of the molecule is CC(=O)N1CC(C(=O)N2CCN(c3ncc(C(F)(F)F)cc3Cl)CC2)Oc2ccccc21. The molecule has 1 atom stereocenters. The summed E-state index contributed by atoms with van der Waals surface area (Å²) in [6.07, 6.45) is -4.61. The third-order valence-electron chi connectivity index (χ3n) is 5.47. The number of amides is 2. The number of carbonyl (C=O) groups excluding carboxylic acids is 2. The highest BCUT2D eigenvalue weighted by atomic mass is 35.5. The first-order chi connectivity index (χ1) is 15.1. The van der Waals surface area contributed by atoms with Gasteiger partial charge in [-0.15, -0.1) is 0 Å². The average molecular weight is 469 g/mol. The quantitative estimate of drug-likeness (QED) is 0.677. The largest absolute Gasteiger partial charge is 0.476 e. The van der Waals surface area contributed by atoms with Crippen molar-refractivity contribution < 1.29 is 27.5 Å². The van der Waals surface area contributed by atoms with E-state index in [0.717, 1.165) is 12.3 Å². The van der Waals surface area contributed by atoms with Crippen LogP contribution in [0.2, 0.25) is 5.02 Å². The maximum atomic E-state index is 13.1. The van der Waals surface area contributed by atoms with E-state index in [1.807, 2.05) is 0 Å². The molecule has 1 saturated heterocycles. The molecule has 2 amide bonds. The van der Waals surface area contributed by atoms with Crippen LogP contribution in [0.25, 0.3) is 0 Å². The highest BCUT2D eigenvalue weighted by Crippen LogP contribution is 2.35. The average Bonchev–Trinajstić information content (AvgIpc) is 2.77. The Balaban J connectivity index is 1.43. The summed E-state index contributed by atoms with van der Waals surface area (Å²) in [5, 5.41) is -0.0936. The molecule has 1 unspecified atom stereocenters. The van der Waals surface area contributed by atoms with Crippen LogP contribution >= 0.6 is 11.6 Å². The fraction of sp³-hybridized carbons (Fsp3) is 0.381. The lowest BCUT2D eigenvalue weighted by Crippen LogP contribution is -2.56. The van der Waals surface area contributed by atoms with Gasteiger partial charge in [0, 0.05) is 39.3 Å². The number of piperazine rings is 1. The van der Waals surface area contributed by atoms with Gasteiger partial charge in [-0.3, -0.25) is 9.59 Å². The number of benzene rings is 1. The first-order valence-corrected chi connectivity index (χ1v) is 10.3. The highest BCUT2D eigenvalue weighted by Gasteiger charge is 2.37. The minimum atomic E-state index is -4.52. The third kappa shape index (κ3) is 4.32. The van der Waals surface area contributed by atoms with E-state index in [4.69, 9.17) is 16.3 Å². The van der Waals surface area contributed by atoms with Crippen molar-refractivity contribution in [2.75, 3.05) is 42.5 Å². The van der Waals surface area contributed by atoms with Crippen molar-refractivity contribution in [3.63, 3.8) is 0 Å². The van der Waals surface area contributed by atoms with E-state index in [9.17, 15) is 22.8 Å². The standard InChI is InChI=1S/C21H20ClF3N4O3/c1-13(30)29-12-18(32-17-5-3-2-4-16(17)29)20(31)28-8-6-27(7-9-28)19-15(22)10-14(11-26-19)21(23,24)25/h2-5,10-11,18H,6-9,12H2,1H3. The molecule has 0 radical (unpaired) electrons. The van der Waals surface area contributed by atoms with Gasteiger partial charge < -0.3 is 19.4 Å². The number of carbonyl (C=O) groups is 2. The van der Waals surface area contributed by atoms with Crippen molar-refractivity contribution in [3.8, 4) is 5.75 Å². The van der Waals surface area contributed by atoms with Crippen molar-refractivity contribution >= 4 is 34.9 Å². The van der Waals surface area contributed by atoms with E-state index in [-0.39, 0.29) is 29.2 Å². The number of hydrogen-bond acceptors (Lipinski definition) is 5. The number of ether oxygens (including phenoxy) is 1. The minimum Gasteiger partial charge on any atom is -0.476 e. The van der Waals surface area contributed by atoms with E-state index in [2.05, 4.69) is 4.98 Å². The predicted octanol–water partition coefficient (Wildman–Crippen LogP) is 3.22. The molecule has 1 aromatic heterocycles. The number of hydrogen-bond donors (Lipinski definition) is 0. The molecule has 2 aliphatic rings. The summed E-state index contributed by atoms with van der Waals surface area (Å²) in [4.78, 5) is 33.9. The molecule has 0 saturated carbocycles. The van der Waals surface area contributed by atoms with Crippen molar-refractivity contribution in [1.82, 2.24) is 9.88 Å². The zero-order valence-electron chi connectivity index (χ0n) is 17.1. The number of halogens is 4. The topological polar surface area (TPSA) is 66.0 Å². The first kappa shape index (κ1) is 22.2. The molecule has 1 fully saturated rings. The van der Waals surface area contributed by atoms with E-state index in [1.165, 1.54) is 11.8 Å². The molecule has 32 heavy (non-hydrogen) atoms. The van der Waals surface area contributed by atoms with Crippen molar-refractivity contribution in [2.24, 2.45) is 0 Å². The van der Waals surface area contributed by atoms with Crippen LogP contribution in [0.4, 0.5) is 24.7 Å². The van der Waals surface area contributed by atoms with Gasteiger partial charge in [0.2, 0.25) is 5.91 Å². The molecular weight excluding hydrogens is 449 g/mol. The second kappa shape index (κ2) is 8.50. The number of rotatable bonds is 2. The second-order valence-electron chi connectivity index (χ2n) is 7.54. The zero-order valence-corrected chi connectivity index (χ0v) is 17.9. The summed E-state index contributed by atoms with van der Waals surface area (Å²) in [7, 11) is 0. The third-order valence-corrected chi connectivity index (χ3v) is 5.75. The minimum absolute atomic E-state index is 0.0936. The van der Waals surface area contributed by atoms with Crippen LogP contribution in [0, 0.1) is 0 Å². The van der Waals surface area contributed by atoms with Gasteiger partial charge in [-0.25, -0.2) is 4.98 Å². The van der Waals surface area contributed by atoms with Gasteiger partial charge in [-0.2, -0.15) is 13.2 Å². The second-order valence-corrected chi connectivity index (χ2v) is 7.95. The molecule has 0 aliphatic carbocycles. The fourth-order valence-electron chi connectivity index (χ4n) is 3.82. The van der Waals surface area contributed by atoms with Crippen molar-refractivity contribution in [3.05, 3.63) is 47.1 Å². The number of pyridine rings is 1. The molecule has 7 nitrogen and oxygen atoms in total. The number of nitrogens with zero attached hydrogens (tertiary/aromatic N) is 4.